The third-order valence-corrected chi connectivity index (χ3v) is 4.21. The Morgan fingerprint density at radius 3 is 2.94 bits per heavy atom. The molecule has 0 radical (unpaired) electrons. The van der Waals surface area contributed by atoms with E-state index in [1.54, 1.807) is 6.20 Å². The molecule has 2 saturated carbocycles. The first-order valence-corrected chi connectivity index (χ1v) is 6.13. The standard InChI is InChI=1S/C12H17N3O/c1-8(16)12-7-15(14-13-12)6-11-5-9-2-3-10(11)4-9/h7,9-11H,2-6H2,1H3. The third kappa shape index (κ3) is 1.66. The van der Waals surface area contributed by atoms with Gasteiger partial charge in [-0.2, -0.15) is 0 Å². The Bertz CT molecular complexity index is 412. The largest absolute Gasteiger partial charge is 0.293 e. The second-order valence-electron chi connectivity index (χ2n) is 5.32. The smallest absolute Gasteiger partial charge is 0.181 e. The average molecular weight is 219 g/mol. The van der Waals surface area contributed by atoms with E-state index in [4.69, 9.17) is 0 Å². The number of hydrogen-bond acceptors (Lipinski definition) is 3. The van der Waals surface area contributed by atoms with Gasteiger partial charge >= 0.3 is 0 Å². The molecule has 2 aliphatic carbocycles. The molecule has 1 aromatic rings. The Morgan fingerprint density at radius 1 is 1.50 bits per heavy atom. The van der Waals surface area contributed by atoms with Crippen molar-refractivity contribution in [2.24, 2.45) is 17.8 Å². The number of fused-ring (bicyclic) bond motifs is 2. The summed E-state index contributed by atoms with van der Waals surface area (Å²) in [6, 6.07) is 0. The minimum Gasteiger partial charge on any atom is -0.293 e. The van der Waals surface area contributed by atoms with Gasteiger partial charge in [-0.1, -0.05) is 11.6 Å². The van der Waals surface area contributed by atoms with Crippen molar-refractivity contribution in [3.8, 4) is 0 Å². The highest BCUT2D eigenvalue weighted by Crippen LogP contribution is 2.48. The predicted octanol–water partition coefficient (Wildman–Crippen LogP) is 1.92. The molecular formula is C12H17N3O. The molecule has 3 rings (SSSR count). The lowest BCUT2D eigenvalue weighted by molar-refractivity contribution is 0.101. The van der Waals surface area contributed by atoms with E-state index >= 15 is 0 Å². The number of carbonyl (C=O) groups is 1. The average Bonchev–Trinajstić information content (AvgIpc) is 2.91. The van der Waals surface area contributed by atoms with Gasteiger partial charge in [-0.25, -0.2) is 0 Å². The molecule has 2 aliphatic rings. The van der Waals surface area contributed by atoms with Gasteiger partial charge in [-0.15, -0.1) is 5.10 Å². The number of Topliss-reactive ketones (excluding diaryl/α,β-unsaturated/α-hetero) is 1. The Balaban J connectivity index is 1.68. The molecule has 0 N–H and O–H groups in total. The van der Waals surface area contributed by atoms with Crippen LogP contribution >= 0.6 is 0 Å². The van der Waals surface area contributed by atoms with Crippen LogP contribution < -0.4 is 0 Å². The summed E-state index contributed by atoms with van der Waals surface area (Å²) in [6.07, 6.45) is 7.37. The summed E-state index contributed by atoms with van der Waals surface area (Å²) < 4.78 is 1.85. The molecule has 2 fully saturated rings. The van der Waals surface area contributed by atoms with Crippen molar-refractivity contribution in [1.29, 1.82) is 0 Å². The highest BCUT2D eigenvalue weighted by Gasteiger charge is 2.39. The van der Waals surface area contributed by atoms with E-state index in [0.29, 0.717) is 5.69 Å². The van der Waals surface area contributed by atoms with Gasteiger partial charge in [0, 0.05) is 13.5 Å². The summed E-state index contributed by atoms with van der Waals surface area (Å²) in [7, 11) is 0. The quantitative estimate of drug-likeness (QED) is 0.730. The third-order valence-electron chi connectivity index (χ3n) is 4.21. The van der Waals surface area contributed by atoms with Crippen molar-refractivity contribution >= 4 is 5.78 Å². The second kappa shape index (κ2) is 3.68. The van der Waals surface area contributed by atoms with Crippen LogP contribution in [0, 0.1) is 17.8 Å². The summed E-state index contributed by atoms with van der Waals surface area (Å²) in [4.78, 5) is 11.1. The van der Waals surface area contributed by atoms with Crippen LogP contribution in [-0.4, -0.2) is 20.8 Å². The van der Waals surface area contributed by atoms with Crippen LogP contribution in [0.4, 0.5) is 0 Å². The zero-order valence-corrected chi connectivity index (χ0v) is 9.59. The van der Waals surface area contributed by atoms with Crippen molar-refractivity contribution in [3.63, 3.8) is 0 Å². The zero-order valence-electron chi connectivity index (χ0n) is 9.59. The van der Waals surface area contributed by atoms with Gasteiger partial charge in [0.1, 0.15) is 5.69 Å². The molecule has 16 heavy (non-hydrogen) atoms. The summed E-state index contributed by atoms with van der Waals surface area (Å²) in [5.41, 5.74) is 0.489. The fraction of sp³-hybridized carbons (Fsp3) is 0.750. The fourth-order valence-corrected chi connectivity index (χ4v) is 3.39. The molecule has 0 aromatic carbocycles. The molecule has 0 amide bonds. The van der Waals surface area contributed by atoms with Crippen LogP contribution in [-0.2, 0) is 6.54 Å². The van der Waals surface area contributed by atoms with Crippen LogP contribution in [0.15, 0.2) is 6.20 Å². The van der Waals surface area contributed by atoms with Crippen molar-refractivity contribution in [2.75, 3.05) is 0 Å². The van der Waals surface area contributed by atoms with Gasteiger partial charge in [0.2, 0.25) is 0 Å². The van der Waals surface area contributed by atoms with Gasteiger partial charge in [0.15, 0.2) is 5.78 Å². The van der Waals surface area contributed by atoms with E-state index in [9.17, 15) is 4.79 Å². The van der Waals surface area contributed by atoms with Crippen LogP contribution in [0.25, 0.3) is 0 Å². The maximum atomic E-state index is 11.1. The van der Waals surface area contributed by atoms with Gasteiger partial charge < -0.3 is 0 Å². The van der Waals surface area contributed by atoms with Crippen molar-refractivity contribution in [1.82, 2.24) is 15.0 Å². The lowest BCUT2D eigenvalue weighted by atomic mass is 9.89. The maximum Gasteiger partial charge on any atom is 0.181 e. The second-order valence-corrected chi connectivity index (χ2v) is 5.32. The van der Waals surface area contributed by atoms with E-state index < -0.39 is 0 Å². The zero-order chi connectivity index (χ0) is 11.1. The molecule has 1 heterocycles. The SMILES string of the molecule is CC(=O)c1cn(CC2CC3CCC2C3)nn1. The molecule has 2 bridgehead atoms. The molecule has 1 aromatic heterocycles. The Kier molecular flexibility index (Phi) is 2.30. The first-order chi connectivity index (χ1) is 7.72. The molecule has 3 atom stereocenters. The first kappa shape index (κ1) is 10.00. The minimum absolute atomic E-state index is 0.000748. The van der Waals surface area contributed by atoms with E-state index in [2.05, 4.69) is 10.3 Å². The van der Waals surface area contributed by atoms with Crippen LogP contribution in [0.2, 0.25) is 0 Å². The Hall–Kier alpha value is -1.19. The molecule has 4 nitrogen and oxygen atoms in total. The van der Waals surface area contributed by atoms with Gasteiger partial charge in [-0.05, 0) is 37.0 Å². The van der Waals surface area contributed by atoms with Gasteiger partial charge in [0.25, 0.3) is 0 Å². The summed E-state index contributed by atoms with van der Waals surface area (Å²) >= 11 is 0. The highest BCUT2D eigenvalue weighted by molar-refractivity contribution is 5.91. The predicted molar refractivity (Wildman–Crippen MR) is 59.0 cm³/mol. The topological polar surface area (TPSA) is 47.8 Å². The number of rotatable bonds is 3. The fourth-order valence-electron chi connectivity index (χ4n) is 3.39. The molecule has 0 saturated heterocycles. The van der Waals surface area contributed by atoms with Crippen molar-refractivity contribution in [2.45, 2.75) is 39.2 Å². The molecule has 0 spiro atoms. The summed E-state index contributed by atoms with van der Waals surface area (Å²) in [5, 5.41) is 7.91. The highest BCUT2D eigenvalue weighted by atomic mass is 16.1. The monoisotopic (exact) mass is 219 g/mol. The van der Waals surface area contributed by atoms with E-state index in [1.807, 2.05) is 4.68 Å². The molecule has 86 valence electrons. The number of hydrogen-bond donors (Lipinski definition) is 0. The molecule has 4 heteroatoms. The van der Waals surface area contributed by atoms with E-state index in [1.165, 1.54) is 32.6 Å². The normalized spacial score (nSPS) is 32.2. The lowest BCUT2D eigenvalue weighted by Gasteiger charge is -2.20. The lowest BCUT2D eigenvalue weighted by Crippen LogP contribution is -2.17. The molecular weight excluding hydrogens is 202 g/mol. The number of ketones is 1. The Labute approximate surface area is 95.0 Å². The first-order valence-electron chi connectivity index (χ1n) is 6.13. The van der Waals surface area contributed by atoms with Gasteiger partial charge in [0.05, 0.1) is 6.20 Å². The van der Waals surface area contributed by atoms with Crippen molar-refractivity contribution < 1.29 is 4.79 Å². The number of nitrogens with zero attached hydrogens (tertiary/aromatic N) is 3. The molecule has 3 unspecified atom stereocenters. The van der Waals surface area contributed by atoms with E-state index in [0.717, 1.165) is 24.3 Å². The Morgan fingerprint density at radius 2 is 2.38 bits per heavy atom. The number of carbonyl (C=O) groups excluding carboxylic acids is 1. The van der Waals surface area contributed by atoms with Crippen LogP contribution in [0.1, 0.15) is 43.1 Å². The van der Waals surface area contributed by atoms with Crippen LogP contribution in [0.3, 0.4) is 0 Å². The van der Waals surface area contributed by atoms with Crippen LogP contribution in [0.5, 0.6) is 0 Å². The summed E-state index contributed by atoms with van der Waals surface area (Å²) in [5.74, 6) is 2.63. The van der Waals surface area contributed by atoms with Gasteiger partial charge in [-0.3, -0.25) is 9.48 Å². The van der Waals surface area contributed by atoms with E-state index in [-0.39, 0.29) is 5.78 Å². The summed E-state index contributed by atoms with van der Waals surface area (Å²) in [6.45, 7) is 2.48. The maximum absolute atomic E-state index is 11.1. The number of aromatic nitrogens is 3. The van der Waals surface area contributed by atoms with Crippen molar-refractivity contribution in [3.05, 3.63) is 11.9 Å². The minimum atomic E-state index is -0.000748. The molecule has 0 aliphatic heterocycles.